The van der Waals surface area contributed by atoms with Crippen LogP contribution < -0.4 is 0 Å². The zero-order chi connectivity index (χ0) is 9.40. The third-order valence-corrected chi connectivity index (χ3v) is 1.29. The predicted molar refractivity (Wildman–Crippen MR) is 45.1 cm³/mol. The van der Waals surface area contributed by atoms with E-state index in [4.69, 9.17) is 0 Å². The summed E-state index contributed by atoms with van der Waals surface area (Å²) in [5.74, 6) is 0. The average Bonchev–Trinajstić information content (AvgIpc) is 2.07. The van der Waals surface area contributed by atoms with Crippen molar-refractivity contribution in [2.45, 2.75) is 13.8 Å². The summed E-state index contributed by atoms with van der Waals surface area (Å²) in [5.41, 5.74) is 0. The van der Waals surface area contributed by atoms with E-state index in [-0.39, 0.29) is 6.61 Å². The zero-order valence-electron chi connectivity index (χ0n) is 7.56. The maximum atomic E-state index is 11.0. The third-order valence-electron chi connectivity index (χ3n) is 1.29. The summed E-state index contributed by atoms with van der Waals surface area (Å²) in [7, 11) is 0. The summed E-state index contributed by atoms with van der Waals surface area (Å²) in [6, 6.07) is 0. The molecule has 0 fully saturated rings. The maximum Gasteiger partial charge on any atom is 0.233 e. The second-order valence-corrected chi connectivity index (χ2v) is 2.06. The maximum absolute atomic E-state index is 11.0. The van der Waals surface area contributed by atoms with Crippen molar-refractivity contribution in [2.24, 2.45) is 5.28 Å². The predicted octanol–water partition coefficient (Wildman–Crippen LogP) is 1.32. The first-order valence-electron chi connectivity index (χ1n) is 3.92. The SMILES string of the molecule is C=CCO/N=[N+](/[O-])N(CC)CC. The summed E-state index contributed by atoms with van der Waals surface area (Å²) in [6.45, 7) is 8.64. The van der Waals surface area contributed by atoms with Gasteiger partial charge in [0.15, 0.2) is 0 Å². The molecule has 0 saturated heterocycles. The van der Waals surface area contributed by atoms with Gasteiger partial charge >= 0.3 is 0 Å². The van der Waals surface area contributed by atoms with Crippen molar-refractivity contribution in [2.75, 3.05) is 19.7 Å². The van der Waals surface area contributed by atoms with Crippen molar-refractivity contribution in [1.29, 1.82) is 0 Å². The van der Waals surface area contributed by atoms with Crippen LogP contribution in [0.5, 0.6) is 0 Å². The van der Waals surface area contributed by atoms with Crippen LogP contribution in [0, 0.1) is 5.21 Å². The Kier molecular flexibility index (Phi) is 5.77. The highest BCUT2D eigenvalue weighted by molar-refractivity contribution is 4.62. The van der Waals surface area contributed by atoms with Crippen molar-refractivity contribution in [3.8, 4) is 0 Å². The molecule has 0 rings (SSSR count). The molecule has 0 aliphatic rings. The van der Waals surface area contributed by atoms with Gasteiger partial charge in [0.05, 0.1) is 18.1 Å². The molecule has 0 aromatic carbocycles. The summed E-state index contributed by atoms with van der Waals surface area (Å²) < 4.78 is 0. The van der Waals surface area contributed by atoms with Gasteiger partial charge in [-0.3, -0.25) is 0 Å². The van der Waals surface area contributed by atoms with Gasteiger partial charge in [0.25, 0.3) is 0 Å². The Morgan fingerprint density at radius 2 is 2.17 bits per heavy atom. The van der Waals surface area contributed by atoms with Crippen molar-refractivity contribution >= 4 is 0 Å². The van der Waals surface area contributed by atoms with E-state index in [0.717, 1.165) is 0 Å². The molecular formula is C7H15N3O2. The van der Waals surface area contributed by atoms with Crippen LogP contribution >= 0.6 is 0 Å². The van der Waals surface area contributed by atoms with Crippen LogP contribution in [0.2, 0.25) is 0 Å². The molecule has 0 aliphatic heterocycles. The fourth-order valence-corrected chi connectivity index (χ4v) is 0.653. The Hall–Kier alpha value is -1.26. The van der Waals surface area contributed by atoms with Crippen molar-refractivity contribution in [3.63, 3.8) is 0 Å². The molecular weight excluding hydrogens is 158 g/mol. The first-order chi connectivity index (χ1) is 5.76. The second-order valence-electron chi connectivity index (χ2n) is 2.06. The minimum atomic E-state index is 0.250. The normalized spacial score (nSPS) is 11.0. The van der Waals surface area contributed by atoms with E-state index < -0.39 is 0 Å². The van der Waals surface area contributed by atoms with E-state index in [0.29, 0.717) is 18.1 Å². The topological polar surface area (TPSA) is 50.9 Å². The number of hydrogen-bond acceptors (Lipinski definition) is 3. The smallest absolute Gasteiger partial charge is 0.233 e. The Morgan fingerprint density at radius 3 is 2.58 bits per heavy atom. The van der Waals surface area contributed by atoms with Gasteiger partial charge in [0.2, 0.25) is 5.28 Å². The van der Waals surface area contributed by atoms with Gasteiger partial charge < -0.3 is 10.0 Å². The molecule has 0 radical (unpaired) electrons. The molecule has 0 N–H and O–H groups in total. The zero-order valence-corrected chi connectivity index (χ0v) is 7.56. The molecule has 0 amide bonds. The molecule has 12 heavy (non-hydrogen) atoms. The van der Waals surface area contributed by atoms with E-state index in [1.54, 1.807) is 0 Å². The van der Waals surface area contributed by atoms with Gasteiger partial charge in [0, 0.05) is 0 Å². The number of hydrazine groups is 1. The van der Waals surface area contributed by atoms with E-state index in [2.05, 4.69) is 16.7 Å². The lowest BCUT2D eigenvalue weighted by atomic mass is 10.6. The van der Waals surface area contributed by atoms with Gasteiger partial charge in [0.1, 0.15) is 6.61 Å². The fraction of sp³-hybridized carbons (Fsp3) is 0.714. The fourth-order valence-electron chi connectivity index (χ4n) is 0.653. The van der Waals surface area contributed by atoms with E-state index in [9.17, 15) is 5.21 Å². The lowest BCUT2D eigenvalue weighted by Gasteiger charge is -2.12. The van der Waals surface area contributed by atoms with Gasteiger partial charge in [-0.1, -0.05) is 12.7 Å². The second kappa shape index (κ2) is 6.45. The minimum Gasteiger partial charge on any atom is -0.569 e. The molecule has 0 atom stereocenters. The van der Waals surface area contributed by atoms with Gasteiger partial charge in [-0.15, -0.1) is 5.01 Å². The van der Waals surface area contributed by atoms with Crippen LogP contribution in [0.1, 0.15) is 13.8 Å². The number of nitrogens with zero attached hydrogens (tertiary/aromatic N) is 3. The number of rotatable bonds is 6. The summed E-state index contributed by atoms with van der Waals surface area (Å²) in [6.07, 6.45) is 1.53. The van der Waals surface area contributed by atoms with Crippen LogP contribution in [-0.4, -0.2) is 29.7 Å². The van der Waals surface area contributed by atoms with Crippen LogP contribution in [0.15, 0.2) is 17.9 Å². The Labute approximate surface area is 72.4 Å². The first kappa shape index (κ1) is 10.7. The molecule has 0 heterocycles. The van der Waals surface area contributed by atoms with Crippen molar-refractivity contribution < 1.29 is 9.81 Å². The number of hydrogen-bond donors (Lipinski definition) is 0. The first-order valence-corrected chi connectivity index (χ1v) is 3.92. The van der Waals surface area contributed by atoms with Gasteiger partial charge in [-0.05, 0) is 13.8 Å². The lowest BCUT2D eigenvalue weighted by molar-refractivity contribution is -0.709. The van der Waals surface area contributed by atoms with Crippen LogP contribution in [0.3, 0.4) is 0 Å². The molecule has 0 unspecified atom stereocenters. The molecule has 0 aromatic heterocycles. The molecule has 5 nitrogen and oxygen atoms in total. The summed E-state index contributed by atoms with van der Waals surface area (Å²) >= 11 is 0. The standard InChI is InChI=1S/C7H15N3O2/c1-4-7-12-8-10(11)9(5-2)6-3/h4H,1,5-7H2,2-3H3/b10-8+. The quantitative estimate of drug-likeness (QED) is 0.200. The molecule has 0 bridgehead atoms. The molecule has 0 aromatic rings. The van der Waals surface area contributed by atoms with E-state index in [1.165, 1.54) is 11.1 Å². The van der Waals surface area contributed by atoms with Crippen molar-refractivity contribution in [3.05, 3.63) is 17.9 Å². The highest BCUT2D eigenvalue weighted by Gasteiger charge is 2.05. The highest BCUT2D eigenvalue weighted by atomic mass is 16.7. The highest BCUT2D eigenvalue weighted by Crippen LogP contribution is 1.89. The molecule has 5 heteroatoms. The summed E-state index contributed by atoms with van der Waals surface area (Å²) in [5, 5.41) is 15.8. The van der Waals surface area contributed by atoms with Crippen molar-refractivity contribution in [1.82, 2.24) is 5.01 Å². The molecule has 70 valence electrons. The summed E-state index contributed by atoms with van der Waals surface area (Å²) in [4.78, 5) is 5.06. The Bertz CT molecular complexity index is 155. The van der Waals surface area contributed by atoms with Crippen LogP contribution in [0.4, 0.5) is 0 Å². The van der Waals surface area contributed by atoms with Crippen LogP contribution in [0.25, 0.3) is 0 Å². The van der Waals surface area contributed by atoms with E-state index in [1.807, 2.05) is 13.8 Å². The Balaban J connectivity index is 3.86. The van der Waals surface area contributed by atoms with E-state index >= 15 is 0 Å². The van der Waals surface area contributed by atoms with Gasteiger partial charge in [-0.25, -0.2) is 0 Å². The van der Waals surface area contributed by atoms with Gasteiger partial charge in [-0.2, -0.15) is 0 Å². The monoisotopic (exact) mass is 173 g/mol. The third kappa shape index (κ3) is 3.80. The molecule has 0 saturated carbocycles. The Morgan fingerprint density at radius 1 is 1.58 bits per heavy atom. The minimum absolute atomic E-state index is 0.250. The molecule has 0 aliphatic carbocycles. The average molecular weight is 173 g/mol. The lowest BCUT2D eigenvalue weighted by Crippen LogP contribution is -2.30. The largest absolute Gasteiger partial charge is 0.569 e. The molecule has 0 spiro atoms. The van der Waals surface area contributed by atoms with Crippen LogP contribution in [-0.2, 0) is 4.84 Å².